The molecule has 0 aliphatic rings. The molecule has 1 aromatic heterocycles. The van der Waals surface area contributed by atoms with Crippen molar-refractivity contribution in [2.75, 3.05) is 6.54 Å². The van der Waals surface area contributed by atoms with Gasteiger partial charge >= 0.3 is 0 Å². The molecular formula is C15H17Cl2NOS. The smallest absolute Gasteiger partial charge is 0.138 e. The van der Waals surface area contributed by atoms with Crippen molar-refractivity contribution in [1.82, 2.24) is 5.32 Å². The van der Waals surface area contributed by atoms with E-state index in [1.54, 1.807) is 0 Å². The highest BCUT2D eigenvalue weighted by Gasteiger charge is 2.08. The molecule has 1 heterocycles. The zero-order valence-electron chi connectivity index (χ0n) is 11.5. The number of benzene rings is 1. The standard InChI is InChI=1S/C15H17Cl2NOS/c1-3-18-10(2)11-4-6-14(13(16)8-11)19-9-12-5-7-15(17)20-12/h4-8,10,18H,3,9H2,1-2H3. The summed E-state index contributed by atoms with van der Waals surface area (Å²) in [5.74, 6) is 0.698. The Balaban J connectivity index is 2.02. The predicted molar refractivity (Wildman–Crippen MR) is 87.2 cm³/mol. The van der Waals surface area contributed by atoms with Crippen LogP contribution in [0.25, 0.3) is 0 Å². The average Bonchev–Trinajstić information content (AvgIpc) is 2.83. The van der Waals surface area contributed by atoms with Gasteiger partial charge in [-0.3, -0.25) is 0 Å². The molecule has 2 aromatic rings. The Morgan fingerprint density at radius 1 is 1.25 bits per heavy atom. The summed E-state index contributed by atoms with van der Waals surface area (Å²) in [6, 6.07) is 10.0. The van der Waals surface area contributed by atoms with Gasteiger partial charge in [0.15, 0.2) is 0 Å². The number of rotatable bonds is 6. The number of thiophene rings is 1. The van der Waals surface area contributed by atoms with Crippen LogP contribution in [0.1, 0.15) is 30.3 Å². The highest BCUT2D eigenvalue weighted by atomic mass is 35.5. The molecule has 5 heteroatoms. The molecule has 2 nitrogen and oxygen atoms in total. The average molecular weight is 330 g/mol. The largest absolute Gasteiger partial charge is 0.487 e. The van der Waals surface area contributed by atoms with Crippen LogP contribution in [0.15, 0.2) is 30.3 Å². The van der Waals surface area contributed by atoms with Crippen molar-refractivity contribution in [3.8, 4) is 5.75 Å². The van der Waals surface area contributed by atoms with Crippen LogP contribution in [0.4, 0.5) is 0 Å². The maximum atomic E-state index is 6.27. The Kier molecular flexibility index (Phi) is 5.73. The van der Waals surface area contributed by atoms with E-state index in [9.17, 15) is 0 Å². The van der Waals surface area contributed by atoms with Crippen LogP contribution in [0.5, 0.6) is 5.75 Å². The third kappa shape index (κ3) is 4.13. The van der Waals surface area contributed by atoms with Crippen molar-refractivity contribution in [1.29, 1.82) is 0 Å². The molecule has 0 fully saturated rings. The molecule has 0 spiro atoms. The van der Waals surface area contributed by atoms with Crippen LogP contribution in [0, 0.1) is 0 Å². The lowest BCUT2D eigenvalue weighted by atomic mass is 10.1. The summed E-state index contributed by atoms with van der Waals surface area (Å²) in [5.41, 5.74) is 1.16. The fraction of sp³-hybridized carbons (Fsp3) is 0.333. The Morgan fingerprint density at radius 3 is 2.65 bits per heavy atom. The van der Waals surface area contributed by atoms with E-state index in [0.29, 0.717) is 17.4 Å². The molecule has 108 valence electrons. The van der Waals surface area contributed by atoms with Gasteiger partial charge in [0.2, 0.25) is 0 Å². The van der Waals surface area contributed by atoms with E-state index in [1.165, 1.54) is 11.3 Å². The molecule has 1 atom stereocenters. The van der Waals surface area contributed by atoms with Crippen LogP contribution in [0.3, 0.4) is 0 Å². The minimum Gasteiger partial charge on any atom is -0.487 e. The third-order valence-electron chi connectivity index (χ3n) is 2.97. The van der Waals surface area contributed by atoms with Gasteiger partial charge in [-0.25, -0.2) is 0 Å². The molecule has 1 unspecified atom stereocenters. The lowest BCUT2D eigenvalue weighted by molar-refractivity contribution is 0.310. The first kappa shape index (κ1) is 15.6. The van der Waals surface area contributed by atoms with Crippen molar-refractivity contribution in [3.05, 3.63) is 50.1 Å². The van der Waals surface area contributed by atoms with Crippen molar-refractivity contribution in [2.45, 2.75) is 26.5 Å². The molecule has 20 heavy (non-hydrogen) atoms. The molecule has 0 saturated heterocycles. The Hall–Kier alpha value is -0.740. The molecule has 0 saturated carbocycles. The van der Waals surface area contributed by atoms with Gasteiger partial charge in [-0.15, -0.1) is 11.3 Å². The first-order chi connectivity index (χ1) is 9.60. The summed E-state index contributed by atoms with van der Waals surface area (Å²) in [4.78, 5) is 1.08. The van der Waals surface area contributed by atoms with E-state index in [0.717, 1.165) is 21.3 Å². The van der Waals surface area contributed by atoms with E-state index in [1.807, 2.05) is 30.3 Å². The van der Waals surface area contributed by atoms with Gasteiger partial charge in [0, 0.05) is 10.9 Å². The molecule has 0 bridgehead atoms. The lowest BCUT2D eigenvalue weighted by Gasteiger charge is -2.14. The first-order valence-corrected chi connectivity index (χ1v) is 8.07. The molecule has 1 aromatic carbocycles. The lowest BCUT2D eigenvalue weighted by Crippen LogP contribution is -2.17. The minimum absolute atomic E-state index is 0.280. The van der Waals surface area contributed by atoms with Gasteiger partial charge in [0.05, 0.1) is 9.36 Å². The van der Waals surface area contributed by atoms with E-state index in [4.69, 9.17) is 27.9 Å². The first-order valence-electron chi connectivity index (χ1n) is 6.50. The van der Waals surface area contributed by atoms with Crippen LogP contribution < -0.4 is 10.1 Å². The fourth-order valence-electron chi connectivity index (χ4n) is 1.91. The van der Waals surface area contributed by atoms with Crippen LogP contribution in [0.2, 0.25) is 9.36 Å². The Morgan fingerprint density at radius 2 is 2.05 bits per heavy atom. The summed E-state index contributed by atoms with van der Waals surface area (Å²) >= 11 is 13.7. The molecule has 2 rings (SSSR count). The van der Waals surface area contributed by atoms with Crippen molar-refractivity contribution < 1.29 is 4.74 Å². The number of hydrogen-bond acceptors (Lipinski definition) is 3. The SMILES string of the molecule is CCNC(C)c1ccc(OCc2ccc(Cl)s2)c(Cl)c1. The summed E-state index contributed by atoms with van der Waals surface area (Å²) in [5, 5.41) is 3.99. The van der Waals surface area contributed by atoms with Gasteiger partial charge in [0.1, 0.15) is 12.4 Å². The van der Waals surface area contributed by atoms with Crippen LogP contribution in [-0.4, -0.2) is 6.54 Å². The van der Waals surface area contributed by atoms with E-state index < -0.39 is 0 Å². The molecule has 0 radical (unpaired) electrons. The topological polar surface area (TPSA) is 21.3 Å². The molecular weight excluding hydrogens is 313 g/mol. The van der Waals surface area contributed by atoms with E-state index in [2.05, 4.69) is 19.2 Å². The molecule has 0 amide bonds. The zero-order chi connectivity index (χ0) is 14.5. The number of nitrogens with one attached hydrogen (secondary N) is 1. The van der Waals surface area contributed by atoms with Crippen molar-refractivity contribution >= 4 is 34.5 Å². The minimum atomic E-state index is 0.280. The highest BCUT2D eigenvalue weighted by Crippen LogP contribution is 2.29. The highest BCUT2D eigenvalue weighted by molar-refractivity contribution is 7.16. The van der Waals surface area contributed by atoms with Gasteiger partial charge in [-0.05, 0) is 43.3 Å². The van der Waals surface area contributed by atoms with Crippen molar-refractivity contribution in [3.63, 3.8) is 0 Å². The predicted octanol–water partition coefficient (Wildman–Crippen LogP) is 5.30. The number of ether oxygens (including phenoxy) is 1. The van der Waals surface area contributed by atoms with E-state index >= 15 is 0 Å². The third-order valence-corrected chi connectivity index (χ3v) is 4.47. The second-order valence-corrected chi connectivity index (χ2v) is 6.67. The zero-order valence-corrected chi connectivity index (χ0v) is 13.8. The normalized spacial score (nSPS) is 12.4. The Bertz CT molecular complexity index is 571. The summed E-state index contributed by atoms with van der Waals surface area (Å²) in [6.07, 6.45) is 0. The monoisotopic (exact) mass is 329 g/mol. The molecule has 1 N–H and O–H groups in total. The molecule has 0 aliphatic carbocycles. The van der Waals surface area contributed by atoms with Crippen LogP contribution in [-0.2, 0) is 6.61 Å². The molecule has 0 aliphatic heterocycles. The quantitative estimate of drug-likeness (QED) is 0.775. The summed E-state index contributed by atoms with van der Waals surface area (Å²) in [6.45, 7) is 5.61. The van der Waals surface area contributed by atoms with Gasteiger partial charge in [-0.2, -0.15) is 0 Å². The van der Waals surface area contributed by atoms with Gasteiger partial charge in [0.25, 0.3) is 0 Å². The maximum Gasteiger partial charge on any atom is 0.138 e. The van der Waals surface area contributed by atoms with Crippen molar-refractivity contribution in [2.24, 2.45) is 0 Å². The number of hydrogen-bond donors (Lipinski definition) is 1. The Labute approximate surface area is 133 Å². The van der Waals surface area contributed by atoms with Crippen LogP contribution >= 0.6 is 34.5 Å². The van der Waals surface area contributed by atoms with E-state index in [-0.39, 0.29) is 6.04 Å². The maximum absolute atomic E-state index is 6.27. The summed E-state index contributed by atoms with van der Waals surface area (Å²) < 4.78 is 6.50. The fourth-order valence-corrected chi connectivity index (χ4v) is 3.15. The van der Waals surface area contributed by atoms with Gasteiger partial charge in [-0.1, -0.05) is 36.2 Å². The second-order valence-electron chi connectivity index (χ2n) is 4.46. The van der Waals surface area contributed by atoms with Gasteiger partial charge < -0.3 is 10.1 Å². The summed E-state index contributed by atoms with van der Waals surface area (Å²) in [7, 11) is 0. The second kappa shape index (κ2) is 7.32. The number of halogens is 2.